The van der Waals surface area contributed by atoms with E-state index in [0.29, 0.717) is 25.5 Å². The van der Waals surface area contributed by atoms with Crippen LogP contribution in [-0.4, -0.2) is 15.9 Å². The van der Waals surface area contributed by atoms with Gasteiger partial charge >= 0.3 is 0 Å². The molecule has 5 nitrogen and oxygen atoms in total. The third-order valence-corrected chi connectivity index (χ3v) is 3.87. The number of aromatic nitrogens is 2. The Labute approximate surface area is 153 Å². The summed E-state index contributed by atoms with van der Waals surface area (Å²) in [6.45, 7) is 3.43. The van der Waals surface area contributed by atoms with E-state index in [4.69, 9.17) is 4.74 Å². The van der Waals surface area contributed by atoms with Crippen LogP contribution in [0.25, 0.3) is 0 Å². The number of nitrogens with one attached hydrogen (secondary N) is 1. The lowest BCUT2D eigenvalue weighted by molar-refractivity contribution is 0.0945. The minimum Gasteiger partial charge on any atom is -0.372 e. The second kappa shape index (κ2) is 8.87. The van der Waals surface area contributed by atoms with E-state index < -0.39 is 0 Å². The number of carbonyl (C=O) groups is 1. The number of amides is 1. The van der Waals surface area contributed by atoms with Crippen molar-refractivity contribution in [1.82, 2.24) is 15.3 Å². The largest absolute Gasteiger partial charge is 0.372 e. The van der Waals surface area contributed by atoms with Gasteiger partial charge in [-0.2, -0.15) is 0 Å². The molecule has 1 aromatic heterocycles. The molecule has 132 valence electrons. The quantitative estimate of drug-likeness (QED) is 0.711. The molecule has 0 aliphatic carbocycles. The van der Waals surface area contributed by atoms with Crippen LogP contribution in [0, 0.1) is 6.92 Å². The van der Waals surface area contributed by atoms with Gasteiger partial charge in [0.15, 0.2) is 0 Å². The van der Waals surface area contributed by atoms with E-state index in [9.17, 15) is 4.79 Å². The molecule has 3 rings (SSSR count). The summed E-state index contributed by atoms with van der Waals surface area (Å²) in [5.74, 6) is -0.229. The maximum atomic E-state index is 12.0. The predicted molar refractivity (Wildman–Crippen MR) is 99.3 cm³/mol. The molecular formula is C21H21N3O2. The first kappa shape index (κ1) is 17.8. The van der Waals surface area contributed by atoms with E-state index >= 15 is 0 Å². The molecule has 0 fully saturated rings. The Morgan fingerprint density at radius 2 is 1.54 bits per heavy atom. The van der Waals surface area contributed by atoms with Gasteiger partial charge in [0.2, 0.25) is 0 Å². The van der Waals surface area contributed by atoms with Crippen molar-refractivity contribution in [2.45, 2.75) is 26.7 Å². The number of hydrogen-bond donors (Lipinski definition) is 1. The lowest BCUT2D eigenvalue weighted by Gasteiger charge is -2.07. The molecule has 5 heteroatoms. The smallest absolute Gasteiger partial charge is 0.271 e. The van der Waals surface area contributed by atoms with Gasteiger partial charge in [0.05, 0.1) is 25.1 Å². The fraction of sp³-hybridized carbons (Fsp3) is 0.190. The van der Waals surface area contributed by atoms with E-state index in [2.05, 4.69) is 15.3 Å². The highest BCUT2D eigenvalue weighted by atomic mass is 16.5. The lowest BCUT2D eigenvalue weighted by Crippen LogP contribution is -2.24. The maximum Gasteiger partial charge on any atom is 0.271 e. The molecule has 1 heterocycles. The molecule has 0 radical (unpaired) electrons. The zero-order valence-electron chi connectivity index (χ0n) is 14.7. The number of rotatable bonds is 7. The van der Waals surface area contributed by atoms with Gasteiger partial charge in [0.1, 0.15) is 5.69 Å². The van der Waals surface area contributed by atoms with Crippen LogP contribution >= 0.6 is 0 Å². The van der Waals surface area contributed by atoms with Gasteiger partial charge in [-0.15, -0.1) is 0 Å². The van der Waals surface area contributed by atoms with Crippen LogP contribution in [0.3, 0.4) is 0 Å². The first-order valence-electron chi connectivity index (χ1n) is 8.47. The van der Waals surface area contributed by atoms with Crippen LogP contribution in [0.15, 0.2) is 67.0 Å². The Kier molecular flexibility index (Phi) is 6.06. The maximum absolute atomic E-state index is 12.0. The van der Waals surface area contributed by atoms with Gasteiger partial charge in [-0.25, -0.2) is 4.98 Å². The molecule has 26 heavy (non-hydrogen) atoms. The summed E-state index contributed by atoms with van der Waals surface area (Å²) in [5.41, 5.74) is 4.38. The lowest BCUT2D eigenvalue weighted by atomic mass is 10.1. The van der Waals surface area contributed by atoms with E-state index in [1.807, 2.05) is 61.5 Å². The van der Waals surface area contributed by atoms with Crippen LogP contribution in [-0.2, 0) is 24.5 Å². The number of ether oxygens (including phenoxy) is 1. The van der Waals surface area contributed by atoms with Gasteiger partial charge < -0.3 is 10.1 Å². The Balaban J connectivity index is 1.45. The molecule has 0 atom stereocenters. The first-order valence-corrected chi connectivity index (χ1v) is 8.47. The highest BCUT2D eigenvalue weighted by Gasteiger charge is 2.07. The van der Waals surface area contributed by atoms with Gasteiger partial charge in [-0.05, 0) is 23.6 Å². The van der Waals surface area contributed by atoms with Crippen LogP contribution in [0.1, 0.15) is 32.9 Å². The van der Waals surface area contributed by atoms with Crippen molar-refractivity contribution < 1.29 is 9.53 Å². The number of aryl methyl sites for hydroxylation is 1. The molecule has 0 unspecified atom stereocenters. The molecule has 3 aromatic rings. The molecule has 0 saturated carbocycles. The van der Waals surface area contributed by atoms with Crippen molar-refractivity contribution in [2.24, 2.45) is 0 Å². The predicted octanol–water partition coefficient (Wildman–Crippen LogP) is 3.43. The topological polar surface area (TPSA) is 64.1 Å². The average molecular weight is 347 g/mol. The van der Waals surface area contributed by atoms with E-state index in [1.54, 1.807) is 6.20 Å². The summed E-state index contributed by atoms with van der Waals surface area (Å²) in [6.07, 6.45) is 3.07. The normalized spacial score (nSPS) is 10.5. The van der Waals surface area contributed by atoms with Crippen molar-refractivity contribution in [3.05, 3.63) is 95.1 Å². The van der Waals surface area contributed by atoms with E-state index in [0.717, 1.165) is 22.4 Å². The van der Waals surface area contributed by atoms with Crippen molar-refractivity contribution >= 4 is 5.91 Å². The summed E-state index contributed by atoms with van der Waals surface area (Å²) in [5, 5.41) is 2.85. The molecule has 1 N–H and O–H groups in total. The summed E-state index contributed by atoms with van der Waals surface area (Å²) < 4.78 is 5.73. The van der Waals surface area contributed by atoms with Crippen molar-refractivity contribution in [3.63, 3.8) is 0 Å². The fourth-order valence-corrected chi connectivity index (χ4v) is 2.40. The van der Waals surface area contributed by atoms with Crippen LogP contribution in [0.2, 0.25) is 0 Å². The fourth-order valence-electron chi connectivity index (χ4n) is 2.40. The first-order chi connectivity index (χ1) is 12.7. The van der Waals surface area contributed by atoms with Gasteiger partial charge in [0, 0.05) is 12.7 Å². The average Bonchev–Trinajstić information content (AvgIpc) is 2.68. The van der Waals surface area contributed by atoms with Crippen molar-refractivity contribution in [2.75, 3.05) is 0 Å². The number of benzene rings is 2. The Bertz CT molecular complexity index is 831. The van der Waals surface area contributed by atoms with Crippen LogP contribution < -0.4 is 5.32 Å². The number of nitrogens with zero attached hydrogens (tertiary/aromatic N) is 2. The minimum atomic E-state index is -0.229. The van der Waals surface area contributed by atoms with E-state index in [-0.39, 0.29) is 5.91 Å². The molecule has 0 bridgehead atoms. The molecule has 0 aliphatic rings. The molecule has 2 aromatic carbocycles. The number of carbonyl (C=O) groups excluding carboxylic acids is 1. The Hall–Kier alpha value is -3.05. The molecule has 0 aliphatic heterocycles. The second-order valence-electron chi connectivity index (χ2n) is 6.02. The summed E-state index contributed by atoms with van der Waals surface area (Å²) >= 11 is 0. The Morgan fingerprint density at radius 1 is 0.885 bits per heavy atom. The summed E-state index contributed by atoms with van der Waals surface area (Å²) in [6, 6.07) is 18.1. The van der Waals surface area contributed by atoms with Crippen LogP contribution in [0.5, 0.6) is 0 Å². The third kappa shape index (κ3) is 5.22. The van der Waals surface area contributed by atoms with Gasteiger partial charge in [0.25, 0.3) is 5.91 Å². The molecule has 0 saturated heterocycles. The minimum absolute atomic E-state index is 0.229. The van der Waals surface area contributed by atoms with Gasteiger partial charge in [-0.1, -0.05) is 54.6 Å². The van der Waals surface area contributed by atoms with Crippen molar-refractivity contribution in [1.29, 1.82) is 0 Å². The monoisotopic (exact) mass is 347 g/mol. The zero-order valence-corrected chi connectivity index (χ0v) is 14.7. The Morgan fingerprint density at radius 3 is 2.19 bits per heavy atom. The molecule has 0 spiro atoms. The standard InChI is InChI=1S/C21H21N3O2/c1-16-11-23-20(13-22-16)21(25)24-12-17-7-9-19(10-8-17)15-26-14-18-5-3-2-4-6-18/h2-11,13H,12,14-15H2,1H3,(H,24,25). The van der Waals surface area contributed by atoms with Gasteiger partial charge in [-0.3, -0.25) is 9.78 Å². The highest BCUT2D eigenvalue weighted by Crippen LogP contribution is 2.08. The van der Waals surface area contributed by atoms with Crippen molar-refractivity contribution in [3.8, 4) is 0 Å². The SMILES string of the molecule is Cc1cnc(C(=O)NCc2ccc(COCc3ccccc3)cc2)cn1. The molecule has 1 amide bonds. The third-order valence-electron chi connectivity index (χ3n) is 3.87. The number of hydrogen-bond acceptors (Lipinski definition) is 4. The zero-order chi connectivity index (χ0) is 18.2. The highest BCUT2D eigenvalue weighted by molar-refractivity contribution is 5.91. The van der Waals surface area contributed by atoms with Crippen LogP contribution in [0.4, 0.5) is 0 Å². The second-order valence-corrected chi connectivity index (χ2v) is 6.02. The summed E-state index contributed by atoms with van der Waals surface area (Å²) in [7, 11) is 0. The van der Waals surface area contributed by atoms with E-state index in [1.165, 1.54) is 6.20 Å². The molecular weight excluding hydrogens is 326 g/mol. The summed E-state index contributed by atoms with van der Waals surface area (Å²) in [4.78, 5) is 20.2.